The summed E-state index contributed by atoms with van der Waals surface area (Å²) in [5, 5.41) is -0.394. The van der Waals surface area contributed by atoms with Gasteiger partial charge in [0.05, 0.1) is 0 Å². The van der Waals surface area contributed by atoms with E-state index in [-0.39, 0.29) is 0 Å². The number of carbonyl (C=O) groups excluding carboxylic acids is 1. The van der Waals surface area contributed by atoms with Crippen molar-refractivity contribution in [2.45, 2.75) is 17.7 Å². The molecule has 1 heterocycles. The summed E-state index contributed by atoms with van der Waals surface area (Å²) in [6.45, 7) is 0. The lowest BCUT2D eigenvalue weighted by molar-refractivity contribution is -0.114. The average molecular weight is 199 g/mol. The number of hydrogen-bond acceptors (Lipinski definition) is 2. The number of alkyl halides is 1. The van der Waals surface area contributed by atoms with Gasteiger partial charge in [0.25, 0.3) is 0 Å². The molecule has 4 heteroatoms. The highest BCUT2D eigenvalue weighted by molar-refractivity contribution is 7.99. The van der Waals surface area contributed by atoms with Crippen molar-refractivity contribution in [1.29, 1.82) is 0 Å². The first-order valence-corrected chi connectivity index (χ1v) is 5.03. The van der Waals surface area contributed by atoms with E-state index < -0.39 is 10.1 Å². The Labute approximate surface area is 74.4 Å². The third kappa shape index (κ3) is 1.80. The molecule has 10 heavy (non-hydrogen) atoms. The van der Waals surface area contributed by atoms with Crippen LogP contribution in [0.4, 0.5) is 0 Å². The lowest BCUT2D eigenvalue weighted by Gasteiger charge is -2.26. The van der Waals surface area contributed by atoms with Crippen molar-refractivity contribution in [3.8, 4) is 0 Å². The van der Waals surface area contributed by atoms with Crippen molar-refractivity contribution in [1.82, 2.24) is 0 Å². The fraction of sp³-hybridized carbons (Fsp3) is 0.833. The van der Waals surface area contributed by atoms with E-state index in [4.69, 9.17) is 23.2 Å². The van der Waals surface area contributed by atoms with Gasteiger partial charge in [-0.25, -0.2) is 0 Å². The predicted octanol–water partition coefficient (Wildman–Crippen LogP) is 2.26. The summed E-state index contributed by atoms with van der Waals surface area (Å²) in [4.78, 5) is 10.0. The molecule has 0 aliphatic carbocycles. The zero-order valence-electron chi connectivity index (χ0n) is 5.40. The molecule has 0 bridgehead atoms. The van der Waals surface area contributed by atoms with Gasteiger partial charge in [-0.2, -0.15) is 11.8 Å². The van der Waals surface area contributed by atoms with E-state index in [0.29, 0.717) is 12.8 Å². The van der Waals surface area contributed by atoms with E-state index in [1.807, 2.05) is 11.8 Å². The van der Waals surface area contributed by atoms with Crippen molar-refractivity contribution in [2.75, 3.05) is 11.5 Å². The van der Waals surface area contributed by atoms with Crippen LogP contribution in [0.5, 0.6) is 0 Å². The zero-order chi connectivity index (χ0) is 7.61. The first-order chi connectivity index (χ1) is 4.65. The highest BCUT2D eigenvalue weighted by Gasteiger charge is 2.36. The summed E-state index contributed by atoms with van der Waals surface area (Å²) < 4.78 is 0. The number of thioether (sulfide) groups is 1. The third-order valence-corrected chi connectivity index (χ3v) is 3.63. The van der Waals surface area contributed by atoms with Crippen LogP contribution in [-0.4, -0.2) is 21.6 Å². The van der Waals surface area contributed by atoms with Crippen LogP contribution in [0.3, 0.4) is 0 Å². The first kappa shape index (κ1) is 8.69. The Bertz CT molecular complexity index is 143. The lowest BCUT2D eigenvalue weighted by atomic mass is 10.0. The minimum absolute atomic E-state index is 0.394. The Hall–Kier alpha value is 0.600. The van der Waals surface area contributed by atoms with Crippen molar-refractivity contribution >= 4 is 40.2 Å². The molecule has 0 amide bonds. The van der Waals surface area contributed by atoms with Gasteiger partial charge in [-0.1, -0.05) is 0 Å². The summed E-state index contributed by atoms with van der Waals surface area (Å²) in [5.74, 6) is 1.89. The van der Waals surface area contributed by atoms with Crippen molar-refractivity contribution in [3.05, 3.63) is 0 Å². The molecule has 0 N–H and O–H groups in total. The molecular formula is C6H8Cl2OS. The monoisotopic (exact) mass is 198 g/mol. The Kier molecular flexibility index (Phi) is 2.90. The second kappa shape index (κ2) is 3.33. The molecule has 0 aromatic heterocycles. The maximum absolute atomic E-state index is 10.7. The maximum Gasteiger partial charge on any atom is 0.242 e. The fourth-order valence-corrected chi connectivity index (χ4v) is 2.68. The Balaban J connectivity index is 2.56. The molecule has 1 rings (SSSR count). The summed E-state index contributed by atoms with van der Waals surface area (Å²) in [5.41, 5.74) is 0. The van der Waals surface area contributed by atoms with Crippen molar-refractivity contribution in [2.24, 2.45) is 0 Å². The predicted molar refractivity (Wildman–Crippen MR) is 46.0 cm³/mol. The molecule has 1 saturated heterocycles. The molecule has 0 saturated carbocycles. The maximum atomic E-state index is 10.7. The molecule has 1 aliphatic heterocycles. The van der Waals surface area contributed by atoms with Crippen LogP contribution in [0, 0.1) is 0 Å². The van der Waals surface area contributed by atoms with Gasteiger partial charge in [-0.3, -0.25) is 4.79 Å². The van der Waals surface area contributed by atoms with Crippen LogP contribution in [0.1, 0.15) is 12.8 Å². The summed E-state index contributed by atoms with van der Waals surface area (Å²) in [6, 6.07) is 0. The fourth-order valence-electron chi connectivity index (χ4n) is 0.892. The van der Waals surface area contributed by atoms with Gasteiger partial charge in [0, 0.05) is 0 Å². The van der Waals surface area contributed by atoms with Crippen molar-refractivity contribution < 1.29 is 4.79 Å². The number of hydrogen-bond donors (Lipinski definition) is 0. The molecule has 1 fully saturated rings. The van der Waals surface area contributed by atoms with Crippen molar-refractivity contribution in [3.63, 3.8) is 0 Å². The van der Waals surface area contributed by atoms with Gasteiger partial charge in [0.15, 0.2) is 0 Å². The topological polar surface area (TPSA) is 17.1 Å². The van der Waals surface area contributed by atoms with Crippen LogP contribution in [0.15, 0.2) is 0 Å². The molecule has 0 atom stereocenters. The molecule has 0 radical (unpaired) electrons. The normalized spacial score (nSPS) is 24.2. The van der Waals surface area contributed by atoms with Crippen LogP contribution < -0.4 is 0 Å². The quantitative estimate of drug-likeness (QED) is 0.476. The second-order valence-electron chi connectivity index (χ2n) is 2.35. The highest BCUT2D eigenvalue weighted by Crippen LogP contribution is 2.34. The molecule has 58 valence electrons. The van der Waals surface area contributed by atoms with Crippen LogP contribution in [0.2, 0.25) is 0 Å². The van der Waals surface area contributed by atoms with E-state index in [2.05, 4.69) is 0 Å². The van der Waals surface area contributed by atoms with Gasteiger partial charge in [0.2, 0.25) is 5.24 Å². The summed E-state index contributed by atoms with van der Waals surface area (Å²) in [7, 11) is 0. The first-order valence-electron chi connectivity index (χ1n) is 3.12. The van der Waals surface area contributed by atoms with E-state index >= 15 is 0 Å². The molecule has 0 unspecified atom stereocenters. The Morgan fingerprint density at radius 3 is 2.20 bits per heavy atom. The van der Waals surface area contributed by atoms with Gasteiger partial charge >= 0.3 is 0 Å². The number of rotatable bonds is 1. The van der Waals surface area contributed by atoms with Crippen LogP contribution >= 0.6 is 35.0 Å². The smallest absolute Gasteiger partial charge is 0.242 e. The molecule has 1 aliphatic rings. The second-order valence-corrected chi connectivity index (χ2v) is 4.64. The van der Waals surface area contributed by atoms with Gasteiger partial charge in [-0.05, 0) is 35.9 Å². The average Bonchev–Trinajstić information content (AvgIpc) is 1.89. The number of carbonyl (C=O) groups is 1. The lowest BCUT2D eigenvalue weighted by Crippen LogP contribution is -2.33. The Morgan fingerprint density at radius 2 is 1.90 bits per heavy atom. The van der Waals surface area contributed by atoms with Gasteiger partial charge in [-0.15, -0.1) is 11.6 Å². The third-order valence-electron chi connectivity index (χ3n) is 1.64. The van der Waals surface area contributed by atoms with E-state index in [1.54, 1.807) is 0 Å². The standard InChI is InChI=1S/C6H8Cl2OS/c7-5(9)6(8)1-3-10-4-2-6/h1-4H2. The van der Waals surface area contributed by atoms with E-state index in [0.717, 1.165) is 11.5 Å². The molecule has 0 spiro atoms. The largest absolute Gasteiger partial charge is 0.279 e. The highest BCUT2D eigenvalue weighted by atomic mass is 35.5. The number of halogens is 2. The SMILES string of the molecule is O=C(Cl)C1(Cl)CCSCC1. The van der Waals surface area contributed by atoms with Crippen LogP contribution in [0.25, 0.3) is 0 Å². The van der Waals surface area contributed by atoms with E-state index in [1.165, 1.54) is 0 Å². The van der Waals surface area contributed by atoms with Gasteiger partial charge in [0.1, 0.15) is 4.87 Å². The molecule has 1 nitrogen and oxygen atoms in total. The minimum Gasteiger partial charge on any atom is -0.279 e. The molecule has 0 aromatic carbocycles. The van der Waals surface area contributed by atoms with E-state index in [9.17, 15) is 4.79 Å². The van der Waals surface area contributed by atoms with Gasteiger partial charge < -0.3 is 0 Å². The zero-order valence-corrected chi connectivity index (χ0v) is 7.73. The summed E-state index contributed by atoms with van der Waals surface area (Å²) in [6.07, 6.45) is 1.42. The Morgan fingerprint density at radius 1 is 1.40 bits per heavy atom. The summed E-state index contributed by atoms with van der Waals surface area (Å²) >= 11 is 13.1. The van der Waals surface area contributed by atoms with Crippen LogP contribution in [-0.2, 0) is 4.79 Å². The minimum atomic E-state index is -0.743. The molecular weight excluding hydrogens is 191 g/mol. The molecule has 0 aromatic rings.